The molecule has 4 heteroatoms. The van der Waals surface area contributed by atoms with Gasteiger partial charge in [0.15, 0.2) is 0 Å². The Kier molecular flexibility index (Phi) is 6.95. The zero-order valence-corrected chi connectivity index (χ0v) is 8.96. The quantitative estimate of drug-likeness (QED) is 0.609. The average Bonchev–Trinajstić information content (AvgIpc) is 2.25. The van der Waals surface area contributed by atoms with Gasteiger partial charge < -0.3 is 19.5 Å². The van der Waals surface area contributed by atoms with Crippen LogP contribution in [0.4, 0.5) is 0 Å². The number of ether oxygens (including phenoxy) is 3. The molecule has 0 unspecified atom stereocenters. The third-order valence-corrected chi connectivity index (χ3v) is 2.26. The van der Waals surface area contributed by atoms with E-state index < -0.39 is 0 Å². The van der Waals surface area contributed by atoms with E-state index in [0.717, 1.165) is 13.1 Å². The van der Waals surface area contributed by atoms with E-state index in [1.54, 1.807) is 7.11 Å². The summed E-state index contributed by atoms with van der Waals surface area (Å²) in [6.07, 6.45) is 2.77. The van der Waals surface area contributed by atoms with E-state index >= 15 is 0 Å². The summed E-state index contributed by atoms with van der Waals surface area (Å²) in [5, 5.41) is 3.31. The molecule has 0 saturated carbocycles. The molecule has 1 rings (SSSR count). The van der Waals surface area contributed by atoms with E-state index in [1.807, 2.05) is 0 Å². The largest absolute Gasteiger partial charge is 0.382 e. The standard InChI is InChI=1S/C10H21NO3/c1-12-5-6-13-7-8-14-10-3-2-4-11-9-10/h10-11H,2-9H2,1H3/t10-/m1/s1. The van der Waals surface area contributed by atoms with Crippen LogP contribution >= 0.6 is 0 Å². The Balaban J connectivity index is 1.82. The lowest BCUT2D eigenvalue weighted by atomic mass is 10.1. The van der Waals surface area contributed by atoms with E-state index in [0.29, 0.717) is 32.5 Å². The van der Waals surface area contributed by atoms with E-state index in [2.05, 4.69) is 5.32 Å². The highest BCUT2D eigenvalue weighted by molar-refractivity contribution is 4.68. The van der Waals surface area contributed by atoms with Crippen LogP contribution in [-0.4, -0.2) is 52.7 Å². The minimum Gasteiger partial charge on any atom is -0.382 e. The van der Waals surface area contributed by atoms with Gasteiger partial charge in [0, 0.05) is 13.7 Å². The molecule has 84 valence electrons. The minimum atomic E-state index is 0.384. The summed E-state index contributed by atoms with van der Waals surface area (Å²) in [6, 6.07) is 0. The molecule has 0 bridgehead atoms. The van der Waals surface area contributed by atoms with Gasteiger partial charge in [-0.3, -0.25) is 0 Å². The van der Waals surface area contributed by atoms with E-state index in [9.17, 15) is 0 Å². The Morgan fingerprint density at radius 3 is 2.79 bits per heavy atom. The SMILES string of the molecule is COCCOCCO[C@@H]1CCCNC1. The van der Waals surface area contributed by atoms with Crippen molar-refractivity contribution in [2.45, 2.75) is 18.9 Å². The van der Waals surface area contributed by atoms with Gasteiger partial charge in [-0.1, -0.05) is 0 Å². The van der Waals surface area contributed by atoms with Crippen molar-refractivity contribution in [1.82, 2.24) is 5.32 Å². The maximum atomic E-state index is 5.63. The van der Waals surface area contributed by atoms with Crippen molar-refractivity contribution >= 4 is 0 Å². The second-order valence-electron chi connectivity index (χ2n) is 3.44. The van der Waals surface area contributed by atoms with Gasteiger partial charge >= 0.3 is 0 Å². The number of hydrogen-bond acceptors (Lipinski definition) is 4. The summed E-state index contributed by atoms with van der Waals surface area (Å²) in [6.45, 7) is 4.78. The van der Waals surface area contributed by atoms with Gasteiger partial charge in [0.2, 0.25) is 0 Å². The highest BCUT2D eigenvalue weighted by Gasteiger charge is 2.12. The third kappa shape index (κ3) is 5.54. The lowest BCUT2D eigenvalue weighted by Crippen LogP contribution is -2.35. The van der Waals surface area contributed by atoms with Crippen molar-refractivity contribution < 1.29 is 14.2 Å². The summed E-state index contributed by atoms with van der Waals surface area (Å²) < 4.78 is 15.8. The summed E-state index contributed by atoms with van der Waals surface area (Å²) in [5.41, 5.74) is 0. The van der Waals surface area contributed by atoms with E-state index in [4.69, 9.17) is 14.2 Å². The van der Waals surface area contributed by atoms with Crippen LogP contribution in [0.1, 0.15) is 12.8 Å². The van der Waals surface area contributed by atoms with Gasteiger partial charge in [-0.25, -0.2) is 0 Å². The average molecular weight is 203 g/mol. The first-order valence-corrected chi connectivity index (χ1v) is 5.32. The molecule has 1 N–H and O–H groups in total. The minimum absolute atomic E-state index is 0.384. The van der Waals surface area contributed by atoms with Crippen LogP contribution in [0, 0.1) is 0 Å². The molecule has 1 aliphatic heterocycles. The van der Waals surface area contributed by atoms with Crippen LogP contribution < -0.4 is 5.32 Å². The number of rotatable bonds is 7. The van der Waals surface area contributed by atoms with Crippen molar-refractivity contribution in [2.24, 2.45) is 0 Å². The van der Waals surface area contributed by atoms with Gasteiger partial charge in [0.25, 0.3) is 0 Å². The molecule has 1 aliphatic rings. The molecule has 1 atom stereocenters. The van der Waals surface area contributed by atoms with Crippen LogP contribution in [0.5, 0.6) is 0 Å². The molecule has 0 aromatic rings. The lowest BCUT2D eigenvalue weighted by molar-refractivity contribution is -0.0134. The maximum Gasteiger partial charge on any atom is 0.0704 e. The summed E-state index contributed by atoms with van der Waals surface area (Å²) in [4.78, 5) is 0. The molecule has 0 aliphatic carbocycles. The summed E-state index contributed by atoms with van der Waals surface area (Å²) in [5.74, 6) is 0. The van der Waals surface area contributed by atoms with Crippen LogP contribution in [0.2, 0.25) is 0 Å². The number of nitrogens with one attached hydrogen (secondary N) is 1. The molecule has 0 aromatic carbocycles. The van der Waals surface area contributed by atoms with Crippen molar-refractivity contribution in [1.29, 1.82) is 0 Å². The number of methoxy groups -OCH3 is 1. The first-order valence-electron chi connectivity index (χ1n) is 5.32. The summed E-state index contributed by atoms with van der Waals surface area (Å²) in [7, 11) is 1.67. The lowest BCUT2D eigenvalue weighted by Gasteiger charge is -2.22. The van der Waals surface area contributed by atoms with Gasteiger partial charge in [-0.05, 0) is 19.4 Å². The predicted molar refractivity (Wildman–Crippen MR) is 54.5 cm³/mol. The molecule has 0 aromatic heterocycles. The molecule has 0 spiro atoms. The molecule has 4 nitrogen and oxygen atoms in total. The van der Waals surface area contributed by atoms with Crippen molar-refractivity contribution in [3.8, 4) is 0 Å². The van der Waals surface area contributed by atoms with Crippen LogP contribution in [-0.2, 0) is 14.2 Å². The second-order valence-corrected chi connectivity index (χ2v) is 3.44. The fraction of sp³-hybridized carbons (Fsp3) is 1.00. The van der Waals surface area contributed by atoms with E-state index in [-0.39, 0.29) is 0 Å². The Bertz CT molecular complexity index is 127. The third-order valence-electron chi connectivity index (χ3n) is 2.26. The van der Waals surface area contributed by atoms with Gasteiger partial charge in [0.1, 0.15) is 0 Å². The van der Waals surface area contributed by atoms with Crippen LogP contribution in [0.25, 0.3) is 0 Å². The fourth-order valence-corrected chi connectivity index (χ4v) is 1.48. The molecular formula is C10H21NO3. The molecule has 0 amide bonds. The van der Waals surface area contributed by atoms with Crippen LogP contribution in [0.15, 0.2) is 0 Å². The summed E-state index contributed by atoms with van der Waals surface area (Å²) >= 11 is 0. The molecule has 0 radical (unpaired) electrons. The highest BCUT2D eigenvalue weighted by atomic mass is 16.5. The normalized spacial score (nSPS) is 22.5. The molecule has 14 heavy (non-hydrogen) atoms. The van der Waals surface area contributed by atoms with Crippen LogP contribution in [0.3, 0.4) is 0 Å². The zero-order chi connectivity index (χ0) is 10.1. The maximum absolute atomic E-state index is 5.63. The van der Waals surface area contributed by atoms with Gasteiger partial charge in [-0.2, -0.15) is 0 Å². The van der Waals surface area contributed by atoms with Gasteiger partial charge in [-0.15, -0.1) is 0 Å². The monoisotopic (exact) mass is 203 g/mol. The van der Waals surface area contributed by atoms with Gasteiger partial charge in [0.05, 0.1) is 32.5 Å². The Morgan fingerprint density at radius 2 is 2.07 bits per heavy atom. The Hall–Kier alpha value is -0.160. The smallest absolute Gasteiger partial charge is 0.0704 e. The van der Waals surface area contributed by atoms with Crippen molar-refractivity contribution in [3.63, 3.8) is 0 Å². The Labute approximate surface area is 85.9 Å². The van der Waals surface area contributed by atoms with Crippen molar-refractivity contribution in [3.05, 3.63) is 0 Å². The molecule has 1 fully saturated rings. The molecule has 1 saturated heterocycles. The highest BCUT2D eigenvalue weighted by Crippen LogP contribution is 2.05. The second kappa shape index (κ2) is 8.17. The van der Waals surface area contributed by atoms with Crippen molar-refractivity contribution in [2.75, 3.05) is 46.6 Å². The first-order chi connectivity index (χ1) is 6.93. The topological polar surface area (TPSA) is 39.7 Å². The Morgan fingerprint density at radius 1 is 1.21 bits per heavy atom. The molecule has 1 heterocycles. The van der Waals surface area contributed by atoms with E-state index in [1.165, 1.54) is 12.8 Å². The number of hydrogen-bond donors (Lipinski definition) is 1. The first kappa shape index (κ1) is 11.9. The molecular weight excluding hydrogens is 182 g/mol. The fourth-order valence-electron chi connectivity index (χ4n) is 1.48. The zero-order valence-electron chi connectivity index (χ0n) is 8.96. The number of piperidine rings is 1. The predicted octanol–water partition coefficient (Wildman–Crippen LogP) is 0.418.